The quantitative estimate of drug-likeness (QED) is 0.421. The van der Waals surface area contributed by atoms with Crippen LogP contribution in [-0.4, -0.2) is 25.8 Å². The van der Waals surface area contributed by atoms with Crippen LogP contribution in [0.25, 0.3) is 22.5 Å². The van der Waals surface area contributed by atoms with Crippen molar-refractivity contribution >= 4 is 5.82 Å². The van der Waals surface area contributed by atoms with Gasteiger partial charge in [-0.15, -0.1) is 10.2 Å². The van der Waals surface area contributed by atoms with Crippen molar-refractivity contribution < 1.29 is 0 Å². The topological polar surface area (TPSA) is 79.4 Å². The van der Waals surface area contributed by atoms with Crippen molar-refractivity contribution in [1.82, 2.24) is 19.7 Å². The largest absolute Gasteiger partial charge is 0.368 e. The number of aromatic nitrogens is 4. The maximum absolute atomic E-state index is 9.05. The lowest BCUT2D eigenvalue weighted by Gasteiger charge is -2.24. The monoisotopic (exact) mass is 448 g/mol. The van der Waals surface area contributed by atoms with Crippen LogP contribution in [0.4, 0.5) is 5.82 Å². The fourth-order valence-corrected chi connectivity index (χ4v) is 4.66. The fourth-order valence-electron chi connectivity index (χ4n) is 4.66. The Morgan fingerprint density at radius 3 is 2.53 bits per heavy atom. The molecule has 1 aliphatic heterocycles. The molecule has 1 unspecified atom stereocenters. The molecule has 1 atom stereocenters. The van der Waals surface area contributed by atoms with Gasteiger partial charge in [-0.25, -0.2) is 4.98 Å². The number of rotatable bonds is 5. The van der Waals surface area contributed by atoms with Gasteiger partial charge in [0.05, 0.1) is 11.6 Å². The molecular formula is C28H28N6. The summed E-state index contributed by atoms with van der Waals surface area (Å²) in [5, 5.41) is 21.5. The molecule has 2 aromatic carbocycles. The van der Waals surface area contributed by atoms with Crippen LogP contribution in [0, 0.1) is 18.3 Å². The van der Waals surface area contributed by atoms with Crippen LogP contribution in [0.1, 0.15) is 48.7 Å². The molecule has 0 saturated heterocycles. The van der Waals surface area contributed by atoms with E-state index in [0.717, 1.165) is 53.5 Å². The van der Waals surface area contributed by atoms with E-state index < -0.39 is 0 Å². The lowest BCUT2D eigenvalue weighted by molar-refractivity contribution is 0.468. The first-order valence-corrected chi connectivity index (χ1v) is 11.8. The molecule has 0 amide bonds. The third kappa shape index (κ3) is 4.29. The third-order valence-electron chi connectivity index (χ3n) is 6.48. The molecule has 0 saturated carbocycles. The fraction of sp³-hybridized carbons (Fsp3) is 0.286. The Bertz CT molecular complexity index is 1340. The lowest BCUT2D eigenvalue weighted by atomic mass is 9.89. The molecule has 6 nitrogen and oxygen atoms in total. The zero-order chi connectivity index (χ0) is 23.7. The summed E-state index contributed by atoms with van der Waals surface area (Å²) in [6, 6.07) is 21.1. The number of anilines is 1. The van der Waals surface area contributed by atoms with E-state index in [-0.39, 0.29) is 0 Å². The average molecular weight is 449 g/mol. The van der Waals surface area contributed by atoms with Crippen molar-refractivity contribution in [3.63, 3.8) is 0 Å². The second kappa shape index (κ2) is 9.11. The second-order valence-electron chi connectivity index (χ2n) is 9.28. The summed E-state index contributed by atoms with van der Waals surface area (Å²) in [6.07, 6.45) is 3.81. The summed E-state index contributed by atoms with van der Waals surface area (Å²) >= 11 is 0. The highest BCUT2D eigenvalue weighted by molar-refractivity contribution is 5.73. The zero-order valence-corrected chi connectivity index (χ0v) is 19.8. The molecule has 0 spiro atoms. The van der Waals surface area contributed by atoms with E-state index >= 15 is 0 Å². The molecule has 6 heteroatoms. The van der Waals surface area contributed by atoms with Gasteiger partial charge in [-0.1, -0.05) is 24.3 Å². The van der Waals surface area contributed by atoms with Crippen LogP contribution in [0.15, 0.2) is 60.8 Å². The minimum Gasteiger partial charge on any atom is -0.368 e. The number of nitriles is 1. The third-order valence-corrected chi connectivity index (χ3v) is 6.48. The zero-order valence-electron chi connectivity index (χ0n) is 19.8. The Morgan fingerprint density at radius 2 is 1.82 bits per heavy atom. The van der Waals surface area contributed by atoms with Crippen LogP contribution in [0.2, 0.25) is 0 Å². The van der Waals surface area contributed by atoms with Crippen LogP contribution < -0.4 is 5.32 Å². The molecule has 4 aromatic rings. The summed E-state index contributed by atoms with van der Waals surface area (Å²) in [7, 11) is 0. The first kappa shape index (κ1) is 21.8. The molecule has 1 aliphatic rings. The highest BCUT2D eigenvalue weighted by Gasteiger charge is 2.25. The van der Waals surface area contributed by atoms with Gasteiger partial charge in [-0.05, 0) is 80.1 Å². The summed E-state index contributed by atoms with van der Waals surface area (Å²) in [5.41, 5.74) is 6.48. The number of fused-ring (bicyclic) bond motifs is 1. The first-order chi connectivity index (χ1) is 16.5. The van der Waals surface area contributed by atoms with Gasteiger partial charge in [0.15, 0.2) is 5.82 Å². The van der Waals surface area contributed by atoms with Gasteiger partial charge in [0, 0.05) is 36.3 Å². The van der Waals surface area contributed by atoms with E-state index in [4.69, 9.17) is 5.26 Å². The van der Waals surface area contributed by atoms with Gasteiger partial charge < -0.3 is 9.88 Å². The second-order valence-corrected chi connectivity index (χ2v) is 9.28. The van der Waals surface area contributed by atoms with Crippen LogP contribution in [-0.2, 0) is 13.0 Å². The predicted octanol–water partition coefficient (Wildman–Crippen LogP) is 5.74. The van der Waals surface area contributed by atoms with E-state index in [1.54, 1.807) is 0 Å². The van der Waals surface area contributed by atoms with Gasteiger partial charge >= 0.3 is 0 Å². The Balaban J connectivity index is 1.41. The highest BCUT2D eigenvalue weighted by atomic mass is 15.3. The van der Waals surface area contributed by atoms with Crippen molar-refractivity contribution in [2.75, 3.05) is 5.32 Å². The normalized spacial score (nSPS) is 15.1. The number of nitrogens with zero attached hydrogens (tertiary/aromatic N) is 5. The Morgan fingerprint density at radius 1 is 1.03 bits per heavy atom. The number of aryl methyl sites for hydroxylation is 1. The molecule has 2 aromatic heterocycles. The molecule has 34 heavy (non-hydrogen) atoms. The maximum atomic E-state index is 9.05. The lowest BCUT2D eigenvalue weighted by Crippen LogP contribution is -2.19. The minimum absolute atomic E-state index is 0.346. The van der Waals surface area contributed by atoms with E-state index in [1.807, 2.05) is 24.4 Å². The Hall–Kier alpha value is -3.98. The average Bonchev–Trinajstić information content (AvgIpc) is 3.28. The van der Waals surface area contributed by atoms with E-state index in [1.165, 1.54) is 11.1 Å². The number of hydrogen-bond acceptors (Lipinski definition) is 5. The summed E-state index contributed by atoms with van der Waals surface area (Å²) < 4.78 is 2.25. The van der Waals surface area contributed by atoms with E-state index in [2.05, 4.69) is 88.3 Å². The van der Waals surface area contributed by atoms with Gasteiger partial charge in [0.1, 0.15) is 11.6 Å². The molecule has 0 bridgehead atoms. The van der Waals surface area contributed by atoms with Crippen molar-refractivity contribution in [2.45, 2.75) is 52.1 Å². The van der Waals surface area contributed by atoms with Gasteiger partial charge in [0.25, 0.3) is 0 Å². The van der Waals surface area contributed by atoms with Crippen molar-refractivity contribution in [3.8, 4) is 28.6 Å². The van der Waals surface area contributed by atoms with Gasteiger partial charge in [-0.3, -0.25) is 0 Å². The van der Waals surface area contributed by atoms with E-state index in [0.29, 0.717) is 17.5 Å². The maximum Gasteiger partial charge on any atom is 0.163 e. The molecule has 0 radical (unpaired) electrons. The number of pyridine rings is 1. The minimum atomic E-state index is 0.346. The summed E-state index contributed by atoms with van der Waals surface area (Å²) in [6.45, 7) is 7.22. The molecule has 3 heterocycles. The molecule has 1 N–H and O–H groups in total. The van der Waals surface area contributed by atoms with Crippen molar-refractivity contribution in [2.24, 2.45) is 0 Å². The van der Waals surface area contributed by atoms with Gasteiger partial charge in [0.2, 0.25) is 0 Å². The summed E-state index contributed by atoms with van der Waals surface area (Å²) in [5.74, 6) is 3.22. The van der Waals surface area contributed by atoms with Crippen LogP contribution in [0.3, 0.4) is 0 Å². The number of nitrogens with one attached hydrogen (secondary N) is 1. The Labute approximate surface area is 200 Å². The van der Waals surface area contributed by atoms with Crippen molar-refractivity contribution in [1.29, 1.82) is 5.26 Å². The van der Waals surface area contributed by atoms with Crippen LogP contribution >= 0.6 is 0 Å². The molecule has 0 aliphatic carbocycles. The SMILES string of the molecule is Cc1ccc(-c2nnc3n2CCC(c2ccc(C#N)cc2)C3)cc1-c1ccc(NC(C)C)nc1. The summed E-state index contributed by atoms with van der Waals surface area (Å²) in [4.78, 5) is 4.58. The smallest absolute Gasteiger partial charge is 0.163 e. The van der Waals surface area contributed by atoms with Crippen molar-refractivity contribution in [3.05, 3.63) is 83.3 Å². The van der Waals surface area contributed by atoms with Gasteiger partial charge in [-0.2, -0.15) is 5.26 Å². The first-order valence-electron chi connectivity index (χ1n) is 11.8. The number of benzene rings is 2. The Kier molecular flexibility index (Phi) is 5.85. The van der Waals surface area contributed by atoms with Crippen LogP contribution in [0.5, 0.6) is 0 Å². The van der Waals surface area contributed by atoms with E-state index in [9.17, 15) is 0 Å². The molecular weight excluding hydrogens is 420 g/mol. The molecule has 0 fully saturated rings. The molecule has 5 rings (SSSR count). The standard InChI is InChI=1S/C28H28N6/c1-18(2)31-26-11-10-24(17-30-26)25-14-23(7-4-19(25)3)28-33-32-27-15-22(12-13-34(27)28)21-8-5-20(16-29)6-9-21/h4-11,14,17-18,22H,12-13,15H2,1-3H3,(H,30,31). The predicted molar refractivity (Wildman–Crippen MR) is 134 cm³/mol. The molecule has 170 valence electrons. The highest BCUT2D eigenvalue weighted by Crippen LogP contribution is 2.34. The number of hydrogen-bond donors (Lipinski definition) is 1.